The summed E-state index contributed by atoms with van der Waals surface area (Å²) in [4.78, 5) is 14.3. The Morgan fingerprint density at radius 1 is 1.06 bits per heavy atom. The summed E-state index contributed by atoms with van der Waals surface area (Å²) in [5.74, 6) is 2.78. The van der Waals surface area contributed by atoms with Crippen molar-refractivity contribution in [1.82, 2.24) is 10.2 Å². The molecule has 7 nitrogen and oxygen atoms in total. The summed E-state index contributed by atoms with van der Waals surface area (Å²) < 4.78 is 16.5. The van der Waals surface area contributed by atoms with Crippen molar-refractivity contribution < 1.29 is 19.0 Å². The molecule has 1 aliphatic rings. The molecule has 1 amide bonds. The van der Waals surface area contributed by atoms with Crippen LogP contribution < -0.4 is 19.5 Å². The first-order valence-corrected chi connectivity index (χ1v) is 12.6. The first kappa shape index (κ1) is 23.8. The number of thioether (sulfide) groups is 1. The van der Waals surface area contributed by atoms with E-state index in [1.54, 1.807) is 32.2 Å². The van der Waals surface area contributed by atoms with Gasteiger partial charge in [0.2, 0.25) is 5.91 Å². The minimum Gasteiger partial charge on any atom is -0.497 e. The molecule has 0 radical (unpaired) electrons. The summed E-state index contributed by atoms with van der Waals surface area (Å²) in [5, 5.41) is 10.1. The van der Waals surface area contributed by atoms with Gasteiger partial charge in [-0.3, -0.25) is 9.89 Å². The van der Waals surface area contributed by atoms with Crippen molar-refractivity contribution in [1.29, 1.82) is 0 Å². The summed E-state index contributed by atoms with van der Waals surface area (Å²) in [6.45, 7) is 0.340. The number of hydrogen-bond acceptors (Lipinski definition) is 6. The van der Waals surface area contributed by atoms with Gasteiger partial charge in [0.1, 0.15) is 23.9 Å². The number of benzene rings is 3. The largest absolute Gasteiger partial charge is 0.497 e. The van der Waals surface area contributed by atoms with Gasteiger partial charge in [0.25, 0.3) is 0 Å². The van der Waals surface area contributed by atoms with E-state index in [0.29, 0.717) is 13.0 Å². The fourth-order valence-electron chi connectivity index (χ4n) is 4.12. The molecule has 184 valence electrons. The molecule has 8 heteroatoms. The van der Waals surface area contributed by atoms with E-state index in [1.807, 2.05) is 48.7 Å². The molecule has 1 atom stereocenters. The summed E-state index contributed by atoms with van der Waals surface area (Å²) in [6.07, 6.45) is 4.24. The SMILES string of the molecule is COc1ccc(CSc2cc(-c3cn[nH]c3)ccc2NC(=O)[C@@H]2COc3ccc(OC)cc3C2)cc1. The summed E-state index contributed by atoms with van der Waals surface area (Å²) in [5.41, 5.74) is 4.94. The number of nitrogens with one attached hydrogen (secondary N) is 2. The van der Waals surface area contributed by atoms with Crippen molar-refractivity contribution in [2.45, 2.75) is 17.1 Å². The molecular formula is C28H27N3O4S. The van der Waals surface area contributed by atoms with Gasteiger partial charge in [-0.15, -0.1) is 11.8 Å². The second-order valence-electron chi connectivity index (χ2n) is 8.51. The van der Waals surface area contributed by atoms with Gasteiger partial charge < -0.3 is 19.5 Å². The number of anilines is 1. The number of ether oxygens (including phenoxy) is 3. The third-order valence-electron chi connectivity index (χ3n) is 6.17. The van der Waals surface area contributed by atoms with Gasteiger partial charge in [-0.05, 0) is 65.6 Å². The van der Waals surface area contributed by atoms with Crippen LogP contribution >= 0.6 is 11.8 Å². The van der Waals surface area contributed by atoms with E-state index in [2.05, 4.69) is 33.7 Å². The standard InChI is InChI=1S/C28H27N3O4S/c1-33-23-6-3-18(4-7-23)17-36-27-13-19(22-14-29-30-15-22)5-9-25(27)31-28(32)21-11-20-12-24(34-2)8-10-26(20)35-16-21/h3-10,12-15,21H,11,16-17H2,1-2H3,(H,29,30)(H,31,32)/t21-/m0/s1. The van der Waals surface area contributed by atoms with E-state index in [0.717, 1.165) is 55.8 Å². The van der Waals surface area contributed by atoms with Crippen LogP contribution in [0.3, 0.4) is 0 Å². The molecule has 3 aromatic carbocycles. The Bertz CT molecular complexity index is 1340. The number of fused-ring (bicyclic) bond motifs is 1. The number of H-pyrrole nitrogens is 1. The number of aromatic nitrogens is 2. The molecule has 1 aliphatic heterocycles. The van der Waals surface area contributed by atoms with Gasteiger partial charge in [0.15, 0.2) is 0 Å². The summed E-state index contributed by atoms with van der Waals surface area (Å²) >= 11 is 1.67. The molecule has 0 spiro atoms. The van der Waals surface area contributed by atoms with Crippen LogP contribution in [0.2, 0.25) is 0 Å². The highest BCUT2D eigenvalue weighted by Gasteiger charge is 2.27. The molecule has 0 saturated carbocycles. The fourth-order valence-corrected chi connectivity index (χ4v) is 5.12. The number of carbonyl (C=O) groups is 1. The van der Waals surface area contributed by atoms with E-state index < -0.39 is 0 Å². The molecule has 5 rings (SSSR count). The molecule has 2 heterocycles. The molecule has 0 saturated heterocycles. The molecule has 1 aromatic heterocycles. The lowest BCUT2D eigenvalue weighted by Crippen LogP contribution is -2.32. The Morgan fingerprint density at radius 3 is 2.61 bits per heavy atom. The van der Waals surface area contributed by atoms with Crippen molar-refractivity contribution in [3.05, 3.63) is 84.2 Å². The Kier molecular flexibility index (Phi) is 7.13. The van der Waals surface area contributed by atoms with Crippen molar-refractivity contribution in [3.8, 4) is 28.4 Å². The molecule has 0 aliphatic carbocycles. The number of rotatable bonds is 8. The zero-order valence-electron chi connectivity index (χ0n) is 20.1. The highest BCUT2D eigenvalue weighted by Crippen LogP contribution is 2.36. The van der Waals surface area contributed by atoms with Gasteiger partial charge >= 0.3 is 0 Å². The Balaban J connectivity index is 1.35. The lowest BCUT2D eigenvalue weighted by atomic mass is 9.95. The Morgan fingerprint density at radius 2 is 1.86 bits per heavy atom. The third kappa shape index (κ3) is 5.33. The third-order valence-corrected chi connectivity index (χ3v) is 7.30. The van der Waals surface area contributed by atoms with Crippen molar-refractivity contribution in [2.24, 2.45) is 5.92 Å². The molecule has 2 N–H and O–H groups in total. The quantitative estimate of drug-likeness (QED) is 0.307. The normalized spacial score (nSPS) is 14.4. The highest BCUT2D eigenvalue weighted by atomic mass is 32.2. The number of amides is 1. The Hall–Kier alpha value is -3.91. The van der Waals surface area contributed by atoms with E-state index in [9.17, 15) is 4.79 Å². The predicted molar refractivity (Wildman–Crippen MR) is 141 cm³/mol. The molecular weight excluding hydrogens is 474 g/mol. The maximum atomic E-state index is 13.3. The van der Waals surface area contributed by atoms with E-state index >= 15 is 0 Å². The fraction of sp³-hybridized carbons (Fsp3) is 0.214. The van der Waals surface area contributed by atoms with Crippen LogP contribution in [0.5, 0.6) is 17.2 Å². The maximum Gasteiger partial charge on any atom is 0.231 e. The average Bonchev–Trinajstić information content (AvgIpc) is 3.47. The lowest BCUT2D eigenvalue weighted by molar-refractivity contribution is -0.121. The zero-order valence-corrected chi connectivity index (χ0v) is 20.9. The van der Waals surface area contributed by atoms with Gasteiger partial charge in [-0.1, -0.05) is 18.2 Å². The zero-order chi connectivity index (χ0) is 24.9. The average molecular weight is 502 g/mol. The van der Waals surface area contributed by atoms with Gasteiger partial charge in [-0.2, -0.15) is 5.10 Å². The van der Waals surface area contributed by atoms with Gasteiger partial charge in [0.05, 0.1) is 32.0 Å². The van der Waals surface area contributed by atoms with Crippen molar-refractivity contribution in [3.63, 3.8) is 0 Å². The smallest absolute Gasteiger partial charge is 0.231 e. The number of hydrogen-bond donors (Lipinski definition) is 2. The first-order valence-electron chi connectivity index (χ1n) is 11.6. The lowest BCUT2D eigenvalue weighted by Gasteiger charge is -2.25. The topological polar surface area (TPSA) is 85.5 Å². The van der Waals surface area contributed by atoms with Gasteiger partial charge in [0, 0.05) is 22.4 Å². The van der Waals surface area contributed by atoms with E-state index in [1.165, 1.54) is 0 Å². The van der Waals surface area contributed by atoms with Crippen LogP contribution in [0.4, 0.5) is 5.69 Å². The highest BCUT2D eigenvalue weighted by molar-refractivity contribution is 7.98. The minimum absolute atomic E-state index is 0.0640. The van der Waals surface area contributed by atoms with Crippen LogP contribution in [-0.2, 0) is 17.0 Å². The van der Waals surface area contributed by atoms with Crippen LogP contribution in [0, 0.1) is 5.92 Å². The molecule has 0 bridgehead atoms. The van der Waals surface area contributed by atoms with Gasteiger partial charge in [-0.25, -0.2) is 0 Å². The second kappa shape index (κ2) is 10.8. The first-order chi connectivity index (χ1) is 17.6. The summed E-state index contributed by atoms with van der Waals surface area (Å²) in [6, 6.07) is 19.7. The Labute approximate surface area is 214 Å². The number of aromatic amines is 1. The van der Waals surface area contributed by atoms with E-state index in [4.69, 9.17) is 14.2 Å². The maximum absolute atomic E-state index is 13.3. The second-order valence-corrected chi connectivity index (χ2v) is 9.53. The van der Waals surface area contributed by atoms with Crippen molar-refractivity contribution in [2.75, 3.05) is 26.1 Å². The number of carbonyl (C=O) groups excluding carboxylic acids is 1. The molecule has 0 fully saturated rings. The number of nitrogens with zero attached hydrogens (tertiary/aromatic N) is 1. The molecule has 0 unspecified atom stereocenters. The molecule has 36 heavy (non-hydrogen) atoms. The molecule has 4 aromatic rings. The minimum atomic E-state index is -0.294. The number of methoxy groups -OCH3 is 2. The van der Waals surface area contributed by atoms with Crippen LogP contribution in [0.25, 0.3) is 11.1 Å². The van der Waals surface area contributed by atoms with Crippen LogP contribution in [0.1, 0.15) is 11.1 Å². The van der Waals surface area contributed by atoms with Crippen LogP contribution in [-0.4, -0.2) is 36.9 Å². The van der Waals surface area contributed by atoms with E-state index in [-0.39, 0.29) is 11.8 Å². The summed E-state index contributed by atoms with van der Waals surface area (Å²) in [7, 11) is 3.29. The van der Waals surface area contributed by atoms with Crippen molar-refractivity contribution >= 4 is 23.4 Å². The predicted octanol–water partition coefficient (Wildman–Crippen LogP) is 5.58. The van der Waals surface area contributed by atoms with Crippen LogP contribution in [0.15, 0.2) is 78.0 Å². The monoisotopic (exact) mass is 501 g/mol.